The second-order valence-corrected chi connectivity index (χ2v) is 5.40. The molecule has 0 heterocycles. The molecule has 6 heteroatoms. The Morgan fingerprint density at radius 2 is 1.60 bits per heavy atom. The molecule has 0 aromatic heterocycles. The average molecular weight is 358 g/mol. The van der Waals surface area contributed by atoms with Crippen LogP contribution in [0.15, 0.2) is 42.0 Å². The van der Waals surface area contributed by atoms with Crippen molar-refractivity contribution >= 4 is 23.5 Å². The van der Waals surface area contributed by atoms with Crippen LogP contribution >= 0.6 is 11.6 Å². The number of Topliss-reactive ketones (excluding diaryl/α,β-unsaturated/α-hetero) is 1. The minimum absolute atomic E-state index is 0.0170. The number of rotatable bonds is 6. The molecule has 2 aromatic carbocycles. The molecule has 0 aliphatic carbocycles. The molecular formula is C19H16ClNO4. The number of benzene rings is 2. The summed E-state index contributed by atoms with van der Waals surface area (Å²) < 4.78 is 15.8. The third-order valence-electron chi connectivity index (χ3n) is 3.47. The Morgan fingerprint density at radius 1 is 1.04 bits per heavy atom. The Kier molecular flexibility index (Phi) is 6.04. The zero-order valence-electron chi connectivity index (χ0n) is 14.0. The summed E-state index contributed by atoms with van der Waals surface area (Å²) in [7, 11) is 4.49. The molecule has 0 unspecified atom stereocenters. The largest absolute Gasteiger partial charge is 0.493 e. The predicted molar refractivity (Wildman–Crippen MR) is 95.5 cm³/mol. The summed E-state index contributed by atoms with van der Waals surface area (Å²) in [4.78, 5) is 12.5. The number of hydrogen-bond donors (Lipinski definition) is 0. The van der Waals surface area contributed by atoms with Crippen molar-refractivity contribution < 1.29 is 19.0 Å². The fourth-order valence-electron chi connectivity index (χ4n) is 2.26. The van der Waals surface area contributed by atoms with Gasteiger partial charge in [0.15, 0.2) is 11.5 Å². The van der Waals surface area contributed by atoms with E-state index >= 15 is 0 Å². The van der Waals surface area contributed by atoms with Crippen LogP contribution in [-0.2, 0) is 0 Å². The van der Waals surface area contributed by atoms with E-state index in [4.69, 9.17) is 25.8 Å². The van der Waals surface area contributed by atoms with Gasteiger partial charge in [-0.05, 0) is 48.0 Å². The van der Waals surface area contributed by atoms with Gasteiger partial charge >= 0.3 is 0 Å². The van der Waals surface area contributed by atoms with Crippen molar-refractivity contribution in [2.45, 2.75) is 0 Å². The first-order chi connectivity index (χ1) is 12.0. The van der Waals surface area contributed by atoms with E-state index in [-0.39, 0.29) is 5.57 Å². The number of ketones is 1. The Labute approximate surface area is 151 Å². The van der Waals surface area contributed by atoms with Crippen molar-refractivity contribution in [3.8, 4) is 23.3 Å². The van der Waals surface area contributed by atoms with E-state index in [1.165, 1.54) is 27.4 Å². The lowest BCUT2D eigenvalue weighted by Gasteiger charge is -2.13. The van der Waals surface area contributed by atoms with Crippen LogP contribution in [0.5, 0.6) is 17.2 Å². The second kappa shape index (κ2) is 8.22. The maximum atomic E-state index is 12.5. The first kappa shape index (κ1) is 18.4. The van der Waals surface area contributed by atoms with E-state index in [1.807, 2.05) is 6.07 Å². The van der Waals surface area contributed by atoms with Gasteiger partial charge in [0.1, 0.15) is 11.6 Å². The third-order valence-corrected chi connectivity index (χ3v) is 3.72. The van der Waals surface area contributed by atoms with Crippen LogP contribution < -0.4 is 14.2 Å². The topological polar surface area (TPSA) is 68.5 Å². The summed E-state index contributed by atoms with van der Waals surface area (Å²) in [6, 6.07) is 11.6. The quantitative estimate of drug-likeness (QED) is 0.441. The number of carbonyl (C=O) groups is 1. The number of halogens is 1. The summed E-state index contributed by atoms with van der Waals surface area (Å²) in [5, 5.41) is 9.89. The smallest absolute Gasteiger partial charge is 0.203 e. The van der Waals surface area contributed by atoms with Gasteiger partial charge in [0, 0.05) is 10.6 Å². The van der Waals surface area contributed by atoms with Gasteiger partial charge in [-0.1, -0.05) is 11.6 Å². The van der Waals surface area contributed by atoms with Crippen LogP contribution in [0, 0.1) is 11.3 Å². The van der Waals surface area contributed by atoms with Crippen LogP contribution in [0.25, 0.3) is 6.08 Å². The lowest BCUT2D eigenvalue weighted by Crippen LogP contribution is -2.02. The van der Waals surface area contributed by atoms with Crippen molar-refractivity contribution in [1.29, 1.82) is 5.26 Å². The highest BCUT2D eigenvalue weighted by molar-refractivity contribution is 6.30. The molecular weight excluding hydrogens is 342 g/mol. The van der Waals surface area contributed by atoms with E-state index < -0.39 is 5.78 Å². The maximum Gasteiger partial charge on any atom is 0.203 e. The van der Waals surface area contributed by atoms with E-state index in [0.717, 1.165) is 0 Å². The van der Waals surface area contributed by atoms with Crippen molar-refractivity contribution in [3.63, 3.8) is 0 Å². The Bertz CT molecular complexity index is 826. The van der Waals surface area contributed by atoms with Gasteiger partial charge in [-0.25, -0.2) is 0 Å². The fraction of sp³-hybridized carbons (Fsp3) is 0.158. The van der Waals surface area contributed by atoms with E-state index in [1.54, 1.807) is 36.4 Å². The number of ether oxygens (including phenoxy) is 3. The van der Waals surface area contributed by atoms with Crippen molar-refractivity contribution in [2.24, 2.45) is 0 Å². The van der Waals surface area contributed by atoms with Crippen molar-refractivity contribution in [2.75, 3.05) is 21.3 Å². The molecule has 0 atom stereocenters. The van der Waals surface area contributed by atoms with Crippen LogP contribution in [0.4, 0.5) is 0 Å². The zero-order valence-corrected chi connectivity index (χ0v) is 14.8. The van der Waals surface area contributed by atoms with Crippen LogP contribution in [-0.4, -0.2) is 27.1 Å². The molecule has 5 nitrogen and oxygen atoms in total. The summed E-state index contributed by atoms with van der Waals surface area (Å²) in [6.45, 7) is 0. The first-order valence-corrected chi connectivity index (χ1v) is 7.64. The molecule has 0 fully saturated rings. The number of allylic oxidation sites excluding steroid dienone is 1. The molecule has 128 valence electrons. The van der Waals surface area contributed by atoms with Crippen molar-refractivity contribution in [3.05, 3.63) is 58.1 Å². The van der Waals surface area contributed by atoms with Gasteiger partial charge in [-0.3, -0.25) is 4.79 Å². The van der Waals surface area contributed by atoms with Gasteiger partial charge in [0.2, 0.25) is 11.5 Å². The van der Waals surface area contributed by atoms with E-state index in [2.05, 4.69) is 0 Å². The van der Waals surface area contributed by atoms with Crippen LogP contribution in [0.1, 0.15) is 15.9 Å². The molecule has 0 radical (unpaired) electrons. The van der Waals surface area contributed by atoms with Gasteiger partial charge < -0.3 is 14.2 Å². The van der Waals surface area contributed by atoms with Gasteiger partial charge in [-0.15, -0.1) is 0 Å². The molecule has 25 heavy (non-hydrogen) atoms. The molecule has 0 amide bonds. The normalized spacial score (nSPS) is 10.8. The van der Waals surface area contributed by atoms with Gasteiger partial charge in [0.05, 0.1) is 21.3 Å². The number of nitriles is 1. The van der Waals surface area contributed by atoms with Crippen LogP contribution in [0.3, 0.4) is 0 Å². The highest BCUT2D eigenvalue weighted by Crippen LogP contribution is 2.38. The SMILES string of the molecule is COc1cc(/C=C(\C#N)C(=O)c2ccc(Cl)cc2)cc(OC)c1OC. The fourth-order valence-corrected chi connectivity index (χ4v) is 2.38. The predicted octanol–water partition coefficient (Wildman–Crippen LogP) is 4.16. The monoisotopic (exact) mass is 357 g/mol. The Morgan fingerprint density at radius 3 is 2.04 bits per heavy atom. The van der Waals surface area contributed by atoms with E-state index in [0.29, 0.717) is 33.4 Å². The summed E-state index contributed by atoms with van der Waals surface area (Å²) in [5.41, 5.74) is 0.939. The van der Waals surface area contributed by atoms with Crippen LogP contribution in [0.2, 0.25) is 5.02 Å². The molecule has 0 spiro atoms. The lowest BCUT2D eigenvalue weighted by atomic mass is 10.0. The summed E-state index contributed by atoms with van der Waals surface area (Å²) in [5.74, 6) is 0.909. The number of hydrogen-bond acceptors (Lipinski definition) is 5. The van der Waals surface area contributed by atoms with Gasteiger partial charge in [-0.2, -0.15) is 5.26 Å². The average Bonchev–Trinajstić information content (AvgIpc) is 2.65. The zero-order chi connectivity index (χ0) is 18.4. The second-order valence-electron chi connectivity index (χ2n) is 4.96. The van der Waals surface area contributed by atoms with Gasteiger partial charge in [0.25, 0.3) is 0 Å². The molecule has 0 N–H and O–H groups in total. The molecule has 0 saturated heterocycles. The molecule has 0 saturated carbocycles. The Hall–Kier alpha value is -2.97. The number of methoxy groups -OCH3 is 3. The molecule has 2 rings (SSSR count). The van der Waals surface area contributed by atoms with E-state index in [9.17, 15) is 10.1 Å². The standard InChI is InChI=1S/C19H16ClNO4/c1-23-16-9-12(10-17(24-2)19(16)25-3)8-14(11-21)18(22)13-4-6-15(20)7-5-13/h4-10H,1-3H3/b14-8+. The highest BCUT2D eigenvalue weighted by Gasteiger charge is 2.15. The maximum absolute atomic E-state index is 12.5. The number of carbonyl (C=O) groups excluding carboxylic acids is 1. The molecule has 0 bridgehead atoms. The highest BCUT2D eigenvalue weighted by atomic mass is 35.5. The molecule has 2 aromatic rings. The minimum atomic E-state index is -0.395. The van der Waals surface area contributed by atoms with Crippen molar-refractivity contribution in [1.82, 2.24) is 0 Å². The first-order valence-electron chi connectivity index (χ1n) is 7.26. The summed E-state index contributed by atoms with van der Waals surface area (Å²) in [6.07, 6.45) is 1.47. The minimum Gasteiger partial charge on any atom is -0.493 e. The number of nitrogens with zero attached hydrogens (tertiary/aromatic N) is 1. The lowest BCUT2D eigenvalue weighted by molar-refractivity contribution is 0.104. The third kappa shape index (κ3) is 4.11. The summed E-state index contributed by atoms with van der Waals surface area (Å²) >= 11 is 5.82. The Balaban J connectivity index is 2.47. The molecule has 0 aliphatic heterocycles. The molecule has 0 aliphatic rings.